The first kappa shape index (κ1) is 17.2. The Morgan fingerprint density at radius 3 is 2.80 bits per heavy atom. The first-order valence-electron chi connectivity index (χ1n) is 8.67. The number of nitriles is 1. The van der Waals surface area contributed by atoms with Crippen LogP contribution in [0.25, 0.3) is 11.1 Å². The lowest BCUT2D eigenvalue weighted by Crippen LogP contribution is -2.49. The summed E-state index contributed by atoms with van der Waals surface area (Å²) in [6.07, 6.45) is 7.29. The van der Waals surface area contributed by atoms with E-state index in [1.165, 1.54) is 0 Å². The Kier molecular flexibility index (Phi) is 5.46. The molecular formula is C19H23N5O. The Bertz CT molecular complexity index is 753. The molecule has 25 heavy (non-hydrogen) atoms. The summed E-state index contributed by atoms with van der Waals surface area (Å²) in [6, 6.07) is 9.55. The van der Waals surface area contributed by atoms with Crippen LogP contribution in [0.15, 0.2) is 36.7 Å². The molecule has 130 valence electrons. The zero-order chi connectivity index (χ0) is 17.6. The van der Waals surface area contributed by atoms with Gasteiger partial charge in [-0.25, -0.2) is 0 Å². The second-order valence-corrected chi connectivity index (χ2v) is 6.50. The van der Waals surface area contributed by atoms with E-state index in [0.29, 0.717) is 6.42 Å². The summed E-state index contributed by atoms with van der Waals surface area (Å²) < 4.78 is 1.77. The first-order chi connectivity index (χ1) is 12.2. The molecule has 3 rings (SSSR count). The van der Waals surface area contributed by atoms with Gasteiger partial charge in [-0.05, 0) is 30.5 Å². The Balaban J connectivity index is 1.59. The number of piperidine rings is 1. The van der Waals surface area contributed by atoms with Gasteiger partial charge < -0.3 is 10.6 Å². The fourth-order valence-electron chi connectivity index (χ4n) is 3.12. The molecule has 2 aromatic rings. The van der Waals surface area contributed by atoms with E-state index in [4.69, 9.17) is 0 Å². The van der Waals surface area contributed by atoms with Gasteiger partial charge in [0.2, 0.25) is 5.91 Å². The van der Waals surface area contributed by atoms with E-state index < -0.39 is 6.04 Å². The predicted octanol–water partition coefficient (Wildman–Crippen LogP) is 1.78. The molecular weight excluding hydrogens is 314 g/mol. The average molecular weight is 337 g/mol. The summed E-state index contributed by atoms with van der Waals surface area (Å²) in [4.78, 5) is 12.3. The van der Waals surface area contributed by atoms with Crippen molar-refractivity contribution >= 4 is 5.91 Å². The van der Waals surface area contributed by atoms with Gasteiger partial charge in [-0.3, -0.25) is 9.48 Å². The van der Waals surface area contributed by atoms with Gasteiger partial charge in [0, 0.05) is 25.2 Å². The van der Waals surface area contributed by atoms with Gasteiger partial charge in [0.15, 0.2) is 0 Å². The van der Waals surface area contributed by atoms with Crippen LogP contribution in [0.5, 0.6) is 0 Å². The second-order valence-electron chi connectivity index (χ2n) is 6.50. The van der Waals surface area contributed by atoms with Crippen LogP contribution >= 0.6 is 0 Å². The largest absolute Gasteiger partial charge is 0.339 e. The Labute approximate surface area is 147 Å². The molecule has 0 unspecified atom stereocenters. The van der Waals surface area contributed by atoms with Gasteiger partial charge in [0.1, 0.15) is 6.04 Å². The highest BCUT2D eigenvalue weighted by Gasteiger charge is 2.22. The molecule has 6 nitrogen and oxygen atoms in total. The van der Waals surface area contributed by atoms with Crippen LogP contribution in [0, 0.1) is 11.3 Å². The third-order valence-electron chi connectivity index (χ3n) is 4.53. The minimum absolute atomic E-state index is 0.0711. The Hall–Kier alpha value is -2.65. The zero-order valence-electron chi connectivity index (χ0n) is 14.4. The van der Waals surface area contributed by atoms with Gasteiger partial charge in [-0.2, -0.15) is 10.4 Å². The van der Waals surface area contributed by atoms with E-state index in [2.05, 4.69) is 21.8 Å². The van der Waals surface area contributed by atoms with Gasteiger partial charge in [-0.15, -0.1) is 0 Å². The lowest BCUT2D eigenvalue weighted by Gasteiger charge is -2.23. The van der Waals surface area contributed by atoms with Crippen LogP contribution in [0.2, 0.25) is 0 Å². The van der Waals surface area contributed by atoms with Crippen molar-refractivity contribution in [2.24, 2.45) is 7.05 Å². The van der Waals surface area contributed by atoms with E-state index in [9.17, 15) is 10.1 Å². The fraction of sp³-hybridized carbons (Fsp3) is 0.421. The summed E-state index contributed by atoms with van der Waals surface area (Å²) in [5, 5.41) is 19.6. The lowest BCUT2D eigenvalue weighted by molar-refractivity contribution is -0.124. The average Bonchev–Trinajstić information content (AvgIpc) is 3.08. The standard InChI is InChI=1S/C19H23N5O/c1-24-13-16(12-22-24)15-7-5-14(6-8-15)10-17(11-20)23-19(25)18-4-2-3-9-21-18/h5-8,12-13,17-18,21H,2-4,9-10H2,1H3,(H,23,25)/t17-,18-/m0/s1. The fourth-order valence-corrected chi connectivity index (χ4v) is 3.12. The molecule has 1 aliphatic heterocycles. The van der Waals surface area contributed by atoms with Crippen molar-refractivity contribution in [1.82, 2.24) is 20.4 Å². The summed E-state index contributed by atoms with van der Waals surface area (Å²) >= 11 is 0. The smallest absolute Gasteiger partial charge is 0.238 e. The Morgan fingerprint density at radius 1 is 1.40 bits per heavy atom. The summed E-state index contributed by atoms with van der Waals surface area (Å²) in [7, 11) is 1.89. The number of rotatable bonds is 5. The number of benzene rings is 1. The van der Waals surface area contributed by atoms with E-state index in [-0.39, 0.29) is 11.9 Å². The van der Waals surface area contributed by atoms with Gasteiger partial charge >= 0.3 is 0 Å². The van der Waals surface area contributed by atoms with Gasteiger partial charge in [-0.1, -0.05) is 30.7 Å². The number of amides is 1. The number of nitrogens with one attached hydrogen (secondary N) is 2. The molecule has 2 atom stereocenters. The number of hydrogen-bond donors (Lipinski definition) is 2. The normalized spacial score (nSPS) is 18.3. The lowest BCUT2D eigenvalue weighted by atomic mass is 10.0. The summed E-state index contributed by atoms with van der Waals surface area (Å²) in [5.41, 5.74) is 3.17. The topological polar surface area (TPSA) is 82.7 Å². The molecule has 1 fully saturated rings. The van der Waals surface area contributed by atoms with Crippen molar-refractivity contribution in [2.75, 3.05) is 6.54 Å². The maximum absolute atomic E-state index is 12.3. The SMILES string of the molecule is Cn1cc(-c2ccc(C[C@@H](C#N)NC(=O)[C@@H]3CCCCN3)cc2)cn1. The van der Waals surface area contributed by atoms with Crippen LogP contribution in [-0.4, -0.2) is 34.3 Å². The molecule has 0 bridgehead atoms. The van der Waals surface area contributed by atoms with E-state index in [1.807, 2.05) is 43.7 Å². The number of aromatic nitrogens is 2. The van der Waals surface area contributed by atoms with Crippen molar-refractivity contribution in [3.05, 3.63) is 42.2 Å². The third-order valence-corrected chi connectivity index (χ3v) is 4.53. The van der Waals surface area contributed by atoms with Crippen LogP contribution in [0.1, 0.15) is 24.8 Å². The zero-order valence-corrected chi connectivity index (χ0v) is 14.4. The van der Waals surface area contributed by atoms with Crippen LogP contribution < -0.4 is 10.6 Å². The second kappa shape index (κ2) is 7.95. The van der Waals surface area contributed by atoms with Crippen molar-refractivity contribution < 1.29 is 4.79 Å². The molecule has 0 spiro atoms. The molecule has 6 heteroatoms. The summed E-state index contributed by atoms with van der Waals surface area (Å²) in [6.45, 7) is 0.866. The number of nitrogens with zero attached hydrogens (tertiary/aromatic N) is 3. The minimum Gasteiger partial charge on any atom is -0.339 e. The molecule has 1 amide bonds. The Morgan fingerprint density at radius 2 is 2.20 bits per heavy atom. The quantitative estimate of drug-likeness (QED) is 0.871. The molecule has 2 heterocycles. The highest BCUT2D eigenvalue weighted by Crippen LogP contribution is 2.19. The molecule has 1 aromatic heterocycles. The monoisotopic (exact) mass is 337 g/mol. The van der Waals surface area contributed by atoms with Crippen LogP contribution in [0.4, 0.5) is 0 Å². The molecule has 0 aliphatic carbocycles. The van der Waals surface area contributed by atoms with Crippen molar-refractivity contribution in [1.29, 1.82) is 5.26 Å². The van der Waals surface area contributed by atoms with E-state index in [1.54, 1.807) is 4.68 Å². The third kappa shape index (κ3) is 4.46. The summed E-state index contributed by atoms with van der Waals surface area (Å²) in [5.74, 6) is -0.0711. The van der Waals surface area contributed by atoms with Crippen molar-refractivity contribution in [3.63, 3.8) is 0 Å². The minimum atomic E-state index is -0.513. The van der Waals surface area contributed by atoms with Gasteiger partial charge in [0.25, 0.3) is 0 Å². The van der Waals surface area contributed by atoms with Crippen molar-refractivity contribution in [2.45, 2.75) is 37.8 Å². The number of carbonyl (C=O) groups is 1. The predicted molar refractivity (Wildman–Crippen MR) is 95.5 cm³/mol. The van der Waals surface area contributed by atoms with Gasteiger partial charge in [0.05, 0.1) is 18.3 Å². The molecule has 2 N–H and O–H groups in total. The highest BCUT2D eigenvalue weighted by atomic mass is 16.2. The van der Waals surface area contributed by atoms with E-state index in [0.717, 1.165) is 42.5 Å². The first-order valence-corrected chi connectivity index (χ1v) is 8.67. The molecule has 1 aromatic carbocycles. The number of carbonyl (C=O) groups excluding carboxylic acids is 1. The molecule has 1 aliphatic rings. The van der Waals surface area contributed by atoms with Crippen molar-refractivity contribution in [3.8, 4) is 17.2 Å². The maximum Gasteiger partial charge on any atom is 0.238 e. The molecule has 0 saturated carbocycles. The van der Waals surface area contributed by atoms with Crippen LogP contribution in [-0.2, 0) is 18.3 Å². The highest BCUT2D eigenvalue weighted by molar-refractivity contribution is 5.82. The molecule has 1 saturated heterocycles. The molecule has 0 radical (unpaired) electrons. The number of aryl methyl sites for hydroxylation is 1. The van der Waals surface area contributed by atoms with Crippen LogP contribution in [0.3, 0.4) is 0 Å². The van der Waals surface area contributed by atoms with E-state index >= 15 is 0 Å². The maximum atomic E-state index is 12.3. The number of hydrogen-bond acceptors (Lipinski definition) is 4.